The van der Waals surface area contributed by atoms with Crippen molar-refractivity contribution in [2.75, 3.05) is 37.6 Å². The first-order valence-corrected chi connectivity index (χ1v) is 9.80. The molecule has 0 bridgehead atoms. The fraction of sp³-hybridized carbons (Fsp3) is 0.476. The Labute approximate surface area is 161 Å². The summed E-state index contributed by atoms with van der Waals surface area (Å²) in [5.41, 5.74) is 2.65. The average molecular weight is 367 g/mol. The van der Waals surface area contributed by atoms with Crippen molar-refractivity contribution in [3.8, 4) is 0 Å². The van der Waals surface area contributed by atoms with Crippen LogP contribution in [0.5, 0.6) is 0 Å². The maximum atomic E-state index is 12.2. The maximum Gasteiger partial charge on any atom is 0.254 e. The molecule has 6 heteroatoms. The van der Waals surface area contributed by atoms with Gasteiger partial charge in [0.1, 0.15) is 0 Å². The molecule has 1 saturated heterocycles. The molecular weight excluding hydrogens is 338 g/mol. The standard InChI is InChI=1S/C21H29N5O/c1-3-4-10-22-20(27)19-15-23-21(24-17(19)2)26-13-11-25(12-14-26)16-18-8-6-5-7-9-18/h5-9,15H,3-4,10-14,16H2,1-2H3,(H,22,27). The highest BCUT2D eigenvalue weighted by atomic mass is 16.1. The Morgan fingerprint density at radius 1 is 1.15 bits per heavy atom. The van der Waals surface area contributed by atoms with E-state index < -0.39 is 0 Å². The largest absolute Gasteiger partial charge is 0.352 e. The first kappa shape index (κ1) is 19.3. The summed E-state index contributed by atoms with van der Waals surface area (Å²) >= 11 is 0. The molecule has 27 heavy (non-hydrogen) atoms. The highest BCUT2D eigenvalue weighted by Crippen LogP contribution is 2.15. The molecule has 0 aliphatic carbocycles. The van der Waals surface area contributed by atoms with Crippen molar-refractivity contribution in [2.24, 2.45) is 0 Å². The van der Waals surface area contributed by atoms with E-state index in [1.807, 2.05) is 6.92 Å². The number of nitrogens with one attached hydrogen (secondary N) is 1. The first-order chi connectivity index (χ1) is 13.2. The summed E-state index contributed by atoms with van der Waals surface area (Å²) in [6.45, 7) is 9.42. The van der Waals surface area contributed by atoms with Gasteiger partial charge in [0.05, 0.1) is 11.3 Å². The Hall–Kier alpha value is -2.47. The van der Waals surface area contributed by atoms with Gasteiger partial charge < -0.3 is 10.2 Å². The zero-order chi connectivity index (χ0) is 19.1. The van der Waals surface area contributed by atoms with Crippen LogP contribution in [-0.4, -0.2) is 53.5 Å². The summed E-state index contributed by atoms with van der Waals surface area (Å²) < 4.78 is 0. The summed E-state index contributed by atoms with van der Waals surface area (Å²) in [6, 6.07) is 10.6. The second-order valence-corrected chi connectivity index (χ2v) is 7.03. The van der Waals surface area contributed by atoms with Crippen LogP contribution in [0.15, 0.2) is 36.5 Å². The predicted molar refractivity (Wildman–Crippen MR) is 108 cm³/mol. The van der Waals surface area contributed by atoms with Crippen LogP contribution < -0.4 is 10.2 Å². The van der Waals surface area contributed by atoms with Gasteiger partial charge in [-0.05, 0) is 18.9 Å². The molecular formula is C21H29N5O. The highest BCUT2D eigenvalue weighted by Gasteiger charge is 2.20. The Morgan fingerprint density at radius 2 is 1.89 bits per heavy atom. The summed E-state index contributed by atoms with van der Waals surface area (Å²) in [7, 11) is 0. The van der Waals surface area contributed by atoms with E-state index in [2.05, 4.69) is 62.3 Å². The molecule has 1 N–H and O–H groups in total. The van der Waals surface area contributed by atoms with Gasteiger partial charge in [-0.2, -0.15) is 0 Å². The number of carbonyl (C=O) groups excluding carboxylic acids is 1. The van der Waals surface area contributed by atoms with E-state index in [1.165, 1.54) is 5.56 Å². The van der Waals surface area contributed by atoms with Crippen LogP contribution in [0.4, 0.5) is 5.95 Å². The minimum Gasteiger partial charge on any atom is -0.352 e. The van der Waals surface area contributed by atoms with E-state index >= 15 is 0 Å². The summed E-state index contributed by atoms with van der Waals surface area (Å²) in [5.74, 6) is 0.636. The van der Waals surface area contributed by atoms with Gasteiger partial charge >= 0.3 is 0 Å². The molecule has 0 saturated carbocycles. The fourth-order valence-electron chi connectivity index (χ4n) is 3.25. The van der Waals surface area contributed by atoms with Crippen molar-refractivity contribution in [1.29, 1.82) is 0 Å². The molecule has 1 aliphatic heterocycles. The van der Waals surface area contributed by atoms with E-state index in [9.17, 15) is 4.79 Å². The zero-order valence-corrected chi connectivity index (χ0v) is 16.3. The molecule has 0 spiro atoms. The van der Waals surface area contributed by atoms with E-state index in [4.69, 9.17) is 0 Å². The number of carbonyl (C=O) groups is 1. The highest BCUT2D eigenvalue weighted by molar-refractivity contribution is 5.94. The summed E-state index contributed by atoms with van der Waals surface area (Å²) in [6.07, 6.45) is 3.71. The Balaban J connectivity index is 1.55. The number of hydrogen-bond acceptors (Lipinski definition) is 5. The number of piperazine rings is 1. The van der Waals surface area contributed by atoms with Crippen LogP contribution in [0.25, 0.3) is 0 Å². The summed E-state index contributed by atoms with van der Waals surface area (Å²) in [5, 5.41) is 2.93. The van der Waals surface area contributed by atoms with Gasteiger partial charge in [-0.1, -0.05) is 43.7 Å². The zero-order valence-electron chi connectivity index (χ0n) is 16.3. The molecule has 0 radical (unpaired) electrons. The van der Waals surface area contributed by atoms with Gasteiger partial charge in [-0.3, -0.25) is 9.69 Å². The number of benzene rings is 1. The van der Waals surface area contributed by atoms with Crippen molar-refractivity contribution < 1.29 is 4.79 Å². The molecule has 0 atom stereocenters. The lowest BCUT2D eigenvalue weighted by atomic mass is 10.2. The van der Waals surface area contributed by atoms with Gasteiger partial charge in [0.2, 0.25) is 5.95 Å². The normalized spacial score (nSPS) is 15.0. The van der Waals surface area contributed by atoms with Gasteiger partial charge in [0, 0.05) is 45.5 Å². The van der Waals surface area contributed by atoms with Crippen molar-refractivity contribution in [3.05, 3.63) is 53.3 Å². The molecule has 6 nitrogen and oxygen atoms in total. The molecule has 144 valence electrons. The SMILES string of the molecule is CCCCNC(=O)c1cnc(N2CCN(Cc3ccccc3)CC2)nc1C. The van der Waals surface area contributed by atoms with E-state index in [0.29, 0.717) is 12.1 Å². The molecule has 2 aromatic rings. The first-order valence-electron chi connectivity index (χ1n) is 9.80. The second kappa shape index (κ2) is 9.46. The van der Waals surface area contributed by atoms with Gasteiger partial charge in [0.25, 0.3) is 5.91 Å². The lowest BCUT2D eigenvalue weighted by molar-refractivity contribution is 0.0951. The van der Waals surface area contributed by atoms with Gasteiger partial charge in [-0.15, -0.1) is 0 Å². The van der Waals surface area contributed by atoms with Crippen LogP contribution in [-0.2, 0) is 6.54 Å². The summed E-state index contributed by atoms with van der Waals surface area (Å²) in [4.78, 5) is 25.9. The molecule has 1 aromatic heterocycles. The van der Waals surface area contributed by atoms with Crippen LogP contribution in [0, 0.1) is 6.92 Å². The van der Waals surface area contributed by atoms with Crippen molar-refractivity contribution in [1.82, 2.24) is 20.2 Å². The van der Waals surface area contributed by atoms with E-state index in [-0.39, 0.29) is 5.91 Å². The number of aryl methyl sites for hydroxylation is 1. The number of unbranched alkanes of at least 4 members (excludes halogenated alkanes) is 1. The molecule has 2 heterocycles. The number of rotatable bonds is 7. The van der Waals surface area contributed by atoms with Crippen LogP contribution >= 0.6 is 0 Å². The molecule has 1 aliphatic rings. The lowest BCUT2D eigenvalue weighted by Crippen LogP contribution is -2.46. The third-order valence-electron chi connectivity index (χ3n) is 4.93. The monoisotopic (exact) mass is 367 g/mol. The number of nitrogens with zero attached hydrogens (tertiary/aromatic N) is 4. The van der Waals surface area contributed by atoms with E-state index in [1.54, 1.807) is 6.20 Å². The van der Waals surface area contributed by atoms with Crippen LogP contribution in [0.3, 0.4) is 0 Å². The average Bonchev–Trinajstić information content (AvgIpc) is 2.69. The Kier molecular flexibility index (Phi) is 6.76. The molecule has 3 rings (SSSR count). The Morgan fingerprint density at radius 3 is 2.56 bits per heavy atom. The smallest absolute Gasteiger partial charge is 0.254 e. The molecule has 1 fully saturated rings. The third kappa shape index (κ3) is 5.26. The van der Waals surface area contributed by atoms with Crippen molar-refractivity contribution in [2.45, 2.75) is 33.2 Å². The topological polar surface area (TPSA) is 61.4 Å². The van der Waals surface area contributed by atoms with Crippen molar-refractivity contribution >= 4 is 11.9 Å². The third-order valence-corrected chi connectivity index (χ3v) is 4.93. The molecule has 1 aromatic carbocycles. The molecule has 0 unspecified atom stereocenters. The van der Waals surface area contributed by atoms with Crippen LogP contribution in [0.1, 0.15) is 41.4 Å². The number of hydrogen-bond donors (Lipinski definition) is 1. The Bertz CT molecular complexity index is 741. The number of amides is 1. The van der Waals surface area contributed by atoms with Gasteiger partial charge in [0.15, 0.2) is 0 Å². The quantitative estimate of drug-likeness (QED) is 0.763. The number of anilines is 1. The number of aromatic nitrogens is 2. The minimum absolute atomic E-state index is 0.0832. The fourth-order valence-corrected chi connectivity index (χ4v) is 3.25. The van der Waals surface area contributed by atoms with Crippen LogP contribution in [0.2, 0.25) is 0 Å². The maximum absolute atomic E-state index is 12.2. The minimum atomic E-state index is -0.0832. The molecule has 1 amide bonds. The second-order valence-electron chi connectivity index (χ2n) is 7.03. The van der Waals surface area contributed by atoms with Gasteiger partial charge in [-0.25, -0.2) is 9.97 Å². The predicted octanol–water partition coefficient (Wildman–Crippen LogP) is 2.64. The van der Waals surface area contributed by atoms with E-state index in [0.717, 1.165) is 57.2 Å². The lowest BCUT2D eigenvalue weighted by Gasteiger charge is -2.34. The van der Waals surface area contributed by atoms with Crippen molar-refractivity contribution in [3.63, 3.8) is 0 Å².